The number of hydrogen-bond donors (Lipinski definition) is 3. The number of nitrogens with one attached hydrogen (secondary N) is 2. The second-order valence-corrected chi connectivity index (χ2v) is 9.31. The Morgan fingerprint density at radius 1 is 1.00 bits per heavy atom. The molecular weight excluding hydrogens is 410 g/mol. The summed E-state index contributed by atoms with van der Waals surface area (Å²) >= 11 is 0. The molecule has 6 heteroatoms. The number of likely N-dealkylation sites (tertiary alicyclic amines) is 1. The van der Waals surface area contributed by atoms with Crippen molar-refractivity contribution in [2.75, 3.05) is 39.3 Å². The predicted molar refractivity (Wildman–Crippen MR) is 135 cm³/mol. The van der Waals surface area contributed by atoms with Gasteiger partial charge in [0.1, 0.15) is 0 Å². The van der Waals surface area contributed by atoms with E-state index in [9.17, 15) is 5.11 Å². The number of nitrogens with zero attached hydrogens (tertiary/aromatic N) is 3. The topological polar surface area (TPSA) is 63.1 Å². The zero-order valence-corrected chi connectivity index (χ0v) is 19.9. The smallest absolute Gasteiger partial charge is 0.191 e. The molecule has 0 aromatic heterocycles. The summed E-state index contributed by atoms with van der Waals surface area (Å²) in [4.78, 5) is 9.57. The molecule has 4 rings (SSSR count). The monoisotopic (exact) mass is 449 g/mol. The van der Waals surface area contributed by atoms with E-state index in [-0.39, 0.29) is 0 Å². The summed E-state index contributed by atoms with van der Waals surface area (Å²) in [6, 6.07) is 19.8. The first-order valence-corrected chi connectivity index (χ1v) is 12.5. The Kier molecular flexibility index (Phi) is 8.75. The van der Waals surface area contributed by atoms with Crippen LogP contribution in [0.5, 0.6) is 0 Å². The third-order valence-corrected chi connectivity index (χ3v) is 6.66. The third-order valence-electron chi connectivity index (χ3n) is 6.66. The molecule has 0 amide bonds. The quantitative estimate of drug-likeness (QED) is 0.427. The highest BCUT2D eigenvalue weighted by molar-refractivity contribution is 5.80. The van der Waals surface area contributed by atoms with Crippen molar-refractivity contribution in [1.82, 2.24) is 20.4 Å². The maximum absolute atomic E-state index is 10.6. The van der Waals surface area contributed by atoms with E-state index in [0.717, 1.165) is 64.5 Å². The molecule has 2 aromatic rings. The van der Waals surface area contributed by atoms with E-state index >= 15 is 0 Å². The Bertz CT molecular complexity index is 879. The minimum atomic E-state index is -0.460. The standard InChI is InChI=1S/C27H39N5O/c1-2-28-27(30-25-13-16-31(17-14-25)19-22-8-4-3-5-9-22)29-18-26(33)21-32-15-12-23-10-6-7-11-24(23)20-32/h3-11,25-26,33H,2,12-21H2,1H3,(H2,28,29,30). The van der Waals surface area contributed by atoms with Gasteiger partial charge in [-0.2, -0.15) is 0 Å². The minimum absolute atomic E-state index is 0.417. The van der Waals surface area contributed by atoms with Crippen LogP contribution in [0.4, 0.5) is 0 Å². The van der Waals surface area contributed by atoms with Crippen molar-refractivity contribution in [2.45, 2.75) is 51.4 Å². The number of benzene rings is 2. The molecule has 1 unspecified atom stereocenters. The van der Waals surface area contributed by atoms with Gasteiger partial charge in [-0.3, -0.25) is 14.8 Å². The van der Waals surface area contributed by atoms with Gasteiger partial charge in [-0.1, -0.05) is 54.6 Å². The summed E-state index contributed by atoms with van der Waals surface area (Å²) in [5.41, 5.74) is 4.20. The maximum Gasteiger partial charge on any atom is 0.191 e. The molecule has 0 radical (unpaired) electrons. The lowest BCUT2D eigenvalue weighted by molar-refractivity contribution is 0.111. The van der Waals surface area contributed by atoms with Crippen molar-refractivity contribution in [3.8, 4) is 0 Å². The Morgan fingerprint density at radius 3 is 2.48 bits per heavy atom. The van der Waals surface area contributed by atoms with Crippen LogP contribution in [0.3, 0.4) is 0 Å². The SMILES string of the molecule is CCNC(=NCC(O)CN1CCc2ccccc2C1)NC1CCN(Cc2ccccc2)CC1. The third kappa shape index (κ3) is 7.29. The molecule has 6 nitrogen and oxygen atoms in total. The molecule has 0 aliphatic carbocycles. The molecule has 1 atom stereocenters. The van der Waals surface area contributed by atoms with Crippen LogP contribution in [0, 0.1) is 0 Å². The molecule has 2 aromatic carbocycles. The first-order valence-electron chi connectivity index (χ1n) is 12.5. The number of aliphatic hydroxyl groups is 1. The van der Waals surface area contributed by atoms with Gasteiger partial charge in [0.25, 0.3) is 0 Å². The van der Waals surface area contributed by atoms with Gasteiger partial charge in [0.2, 0.25) is 0 Å². The number of guanidine groups is 1. The first kappa shape index (κ1) is 23.7. The number of β-amino-alcohol motifs (C(OH)–C–C–N with tert-alkyl or cyclic N) is 1. The average Bonchev–Trinajstić information content (AvgIpc) is 2.84. The lowest BCUT2D eigenvalue weighted by Crippen LogP contribution is -2.48. The second kappa shape index (κ2) is 12.2. The van der Waals surface area contributed by atoms with E-state index < -0.39 is 6.10 Å². The average molecular weight is 450 g/mol. The van der Waals surface area contributed by atoms with Crippen molar-refractivity contribution < 1.29 is 5.11 Å². The fourth-order valence-electron chi connectivity index (χ4n) is 4.85. The number of aliphatic imine (C=N–C) groups is 1. The van der Waals surface area contributed by atoms with Gasteiger partial charge in [-0.05, 0) is 42.9 Å². The summed E-state index contributed by atoms with van der Waals surface area (Å²) in [6.45, 7) is 9.09. The van der Waals surface area contributed by atoms with Gasteiger partial charge in [0.15, 0.2) is 5.96 Å². The number of hydrogen-bond acceptors (Lipinski definition) is 4. The number of aliphatic hydroxyl groups excluding tert-OH is 1. The molecule has 0 saturated carbocycles. The molecule has 178 valence electrons. The molecule has 0 bridgehead atoms. The Hall–Kier alpha value is -2.41. The molecule has 1 saturated heterocycles. The highest BCUT2D eigenvalue weighted by Crippen LogP contribution is 2.18. The van der Waals surface area contributed by atoms with Crippen LogP contribution < -0.4 is 10.6 Å². The van der Waals surface area contributed by atoms with Gasteiger partial charge < -0.3 is 15.7 Å². The Balaban J connectivity index is 1.21. The number of rotatable bonds is 8. The molecule has 33 heavy (non-hydrogen) atoms. The van der Waals surface area contributed by atoms with E-state index in [1.165, 1.54) is 16.7 Å². The zero-order chi connectivity index (χ0) is 22.9. The van der Waals surface area contributed by atoms with Crippen LogP contribution in [0.2, 0.25) is 0 Å². The van der Waals surface area contributed by atoms with E-state index in [1.54, 1.807) is 0 Å². The van der Waals surface area contributed by atoms with E-state index in [2.05, 4.69) is 82.0 Å². The van der Waals surface area contributed by atoms with Crippen LogP contribution >= 0.6 is 0 Å². The molecule has 2 heterocycles. The number of piperidine rings is 1. The van der Waals surface area contributed by atoms with Gasteiger partial charge >= 0.3 is 0 Å². The first-order chi connectivity index (χ1) is 16.2. The van der Waals surface area contributed by atoms with Crippen LogP contribution in [-0.4, -0.2) is 72.3 Å². The van der Waals surface area contributed by atoms with Crippen molar-refractivity contribution in [2.24, 2.45) is 4.99 Å². The Labute approximate surface area is 198 Å². The maximum atomic E-state index is 10.6. The van der Waals surface area contributed by atoms with Crippen molar-refractivity contribution in [3.05, 3.63) is 71.3 Å². The fourth-order valence-corrected chi connectivity index (χ4v) is 4.85. The molecule has 2 aliphatic heterocycles. The minimum Gasteiger partial charge on any atom is -0.390 e. The zero-order valence-electron chi connectivity index (χ0n) is 19.9. The van der Waals surface area contributed by atoms with Crippen LogP contribution in [0.15, 0.2) is 59.6 Å². The normalized spacial score (nSPS) is 19.2. The predicted octanol–water partition coefficient (Wildman–Crippen LogP) is 2.63. The van der Waals surface area contributed by atoms with Crippen molar-refractivity contribution in [3.63, 3.8) is 0 Å². The Morgan fingerprint density at radius 2 is 1.73 bits per heavy atom. The molecular formula is C27H39N5O. The molecule has 2 aliphatic rings. The number of fused-ring (bicyclic) bond motifs is 1. The van der Waals surface area contributed by atoms with Gasteiger partial charge in [0, 0.05) is 51.9 Å². The van der Waals surface area contributed by atoms with Crippen LogP contribution in [0.1, 0.15) is 36.5 Å². The summed E-state index contributed by atoms with van der Waals surface area (Å²) in [7, 11) is 0. The molecule has 1 fully saturated rings. The van der Waals surface area contributed by atoms with Crippen LogP contribution in [-0.2, 0) is 19.5 Å². The lowest BCUT2D eigenvalue weighted by Gasteiger charge is -2.33. The highest BCUT2D eigenvalue weighted by Gasteiger charge is 2.21. The molecule has 3 N–H and O–H groups in total. The summed E-state index contributed by atoms with van der Waals surface area (Å²) in [5.74, 6) is 0.821. The van der Waals surface area contributed by atoms with E-state index in [1.807, 2.05) is 0 Å². The molecule has 0 spiro atoms. The largest absolute Gasteiger partial charge is 0.390 e. The fraction of sp³-hybridized carbons (Fsp3) is 0.519. The summed E-state index contributed by atoms with van der Waals surface area (Å²) in [6.07, 6.45) is 2.80. The van der Waals surface area contributed by atoms with Gasteiger partial charge in [-0.15, -0.1) is 0 Å². The van der Waals surface area contributed by atoms with Crippen LogP contribution in [0.25, 0.3) is 0 Å². The second-order valence-electron chi connectivity index (χ2n) is 9.31. The van der Waals surface area contributed by atoms with E-state index in [4.69, 9.17) is 4.99 Å². The van der Waals surface area contributed by atoms with Crippen molar-refractivity contribution in [1.29, 1.82) is 0 Å². The highest BCUT2D eigenvalue weighted by atomic mass is 16.3. The summed E-state index contributed by atoms with van der Waals surface area (Å²) in [5, 5.41) is 17.6. The van der Waals surface area contributed by atoms with E-state index in [0.29, 0.717) is 19.1 Å². The van der Waals surface area contributed by atoms with Gasteiger partial charge in [0.05, 0.1) is 12.6 Å². The van der Waals surface area contributed by atoms with Gasteiger partial charge in [-0.25, -0.2) is 0 Å². The lowest BCUT2D eigenvalue weighted by atomic mass is 10.00. The summed E-state index contributed by atoms with van der Waals surface area (Å²) < 4.78 is 0. The van der Waals surface area contributed by atoms with Crippen molar-refractivity contribution >= 4 is 5.96 Å².